The van der Waals surface area contributed by atoms with Crippen molar-refractivity contribution in [2.24, 2.45) is 0 Å². The summed E-state index contributed by atoms with van der Waals surface area (Å²) in [5.74, 6) is 2.06. The Labute approximate surface area is 98.8 Å². The first-order valence-electron chi connectivity index (χ1n) is 5.06. The van der Waals surface area contributed by atoms with E-state index in [2.05, 4.69) is 0 Å². The lowest BCUT2D eigenvalue weighted by Gasteiger charge is -2.10. The quantitative estimate of drug-likeness (QED) is 0.760. The average molecular weight is 232 g/mol. The zero-order valence-electron chi connectivity index (χ0n) is 9.60. The molecule has 0 saturated carbocycles. The molecule has 0 saturated heterocycles. The molecular weight excluding hydrogens is 220 g/mol. The van der Waals surface area contributed by atoms with Gasteiger partial charge in [0.2, 0.25) is 0 Å². The summed E-state index contributed by atoms with van der Waals surface area (Å²) in [7, 11) is 3.13. The largest absolute Gasteiger partial charge is 0.493 e. The fourth-order valence-electron chi connectivity index (χ4n) is 1.64. The van der Waals surface area contributed by atoms with E-state index in [0.29, 0.717) is 23.5 Å². The molecule has 4 nitrogen and oxygen atoms in total. The molecule has 0 atom stereocenters. The molecule has 0 bridgehead atoms. The zero-order valence-corrected chi connectivity index (χ0v) is 9.60. The number of carbonyl (C=O) groups is 1. The van der Waals surface area contributed by atoms with Crippen LogP contribution in [0.1, 0.15) is 10.6 Å². The maximum atomic E-state index is 10.6. The third-order valence-corrected chi connectivity index (χ3v) is 2.41. The van der Waals surface area contributed by atoms with Crippen LogP contribution in [0.2, 0.25) is 0 Å². The van der Waals surface area contributed by atoms with Gasteiger partial charge in [-0.2, -0.15) is 0 Å². The van der Waals surface area contributed by atoms with Crippen LogP contribution in [0.3, 0.4) is 0 Å². The highest BCUT2D eigenvalue weighted by Gasteiger charge is 2.14. The van der Waals surface area contributed by atoms with Crippen LogP contribution in [0.5, 0.6) is 11.5 Å². The van der Waals surface area contributed by atoms with Gasteiger partial charge in [0.05, 0.1) is 19.8 Å². The highest BCUT2D eigenvalue weighted by Crippen LogP contribution is 2.38. The zero-order chi connectivity index (χ0) is 12.3. The second-order valence-corrected chi connectivity index (χ2v) is 3.36. The van der Waals surface area contributed by atoms with E-state index in [0.717, 1.165) is 5.56 Å². The first-order chi connectivity index (χ1) is 8.30. The predicted molar refractivity (Wildman–Crippen MR) is 62.6 cm³/mol. The molecule has 0 fully saturated rings. The number of methoxy groups -OCH3 is 2. The van der Waals surface area contributed by atoms with E-state index in [1.807, 2.05) is 12.1 Å². The molecule has 4 heteroatoms. The third kappa shape index (κ3) is 2.01. The number of furan rings is 1. The molecule has 2 rings (SSSR count). The monoisotopic (exact) mass is 232 g/mol. The van der Waals surface area contributed by atoms with E-state index in [1.54, 1.807) is 32.4 Å². The van der Waals surface area contributed by atoms with E-state index >= 15 is 0 Å². The third-order valence-electron chi connectivity index (χ3n) is 2.41. The molecule has 0 unspecified atom stereocenters. The van der Waals surface area contributed by atoms with Crippen LogP contribution in [0.25, 0.3) is 11.3 Å². The molecule has 0 N–H and O–H groups in total. The molecule has 0 aliphatic carbocycles. The summed E-state index contributed by atoms with van der Waals surface area (Å²) in [6, 6.07) is 8.81. The highest BCUT2D eigenvalue weighted by molar-refractivity contribution is 5.75. The minimum absolute atomic E-state index is 0.282. The lowest BCUT2D eigenvalue weighted by Crippen LogP contribution is -1.92. The molecule has 1 aromatic carbocycles. The van der Waals surface area contributed by atoms with Crippen molar-refractivity contribution in [1.82, 2.24) is 0 Å². The molecule has 1 aromatic heterocycles. The van der Waals surface area contributed by atoms with Gasteiger partial charge in [-0.15, -0.1) is 0 Å². The van der Waals surface area contributed by atoms with Crippen molar-refractivity contribution in [3.63, 3.8) is 0 Å². The Morgan fingerprint density at radius 2 is 1.94 bits per heavy atom. The van der Waals surface area contributed by atoms with E-state index in [4.69, 9.17) is 13.9 Å². The van der Waals surface area contributed by atoms with Gasteiger partial charge in [-0.25, -0.2) is 0 Å². The van der Waals surface area contributed by atoms with Crippen molar-refractivity contribution >= 4 is 6.29 Å². The molecule has 0 amide bonds. The Morgan fingerprint density at radius 1 is 1.12 bits per heavy atom. The summed E-state index contributed by atoms with van der Waals surface area (Å²) < 4.78 is 15.8. The van der Waals surface area contributed by atoms with E-state index in [-0.39, 0.29) is 5.76 Å². The molecular formula is C13H12O4. The predicted octanol–water partition coefficient (Wildman–Crippen LogP) is 2.78. The second-order valence-electron chi connectivity index (χ2n) is 3.36. The van der Waals surface area contributed by atoms with E-state index in [9.17, 15) is 4.79 Å². The van der Waals surface area contributed by atoms with Crippen molar-refractivity contribution < 1.29 is 18.7 Å². The van der Waals surface area contributed by atoms with Crippen LogP contribution in [0.15, 0.2) is 34.7 Å². The van der Waals surface area contributed by atoms with Gasteiger partial charge < -0.3 is 13.9 Å². The SMILES string of the molecule is COc1cccc(-c2ccc(C=O)o2)c1OC. The fraction of sp³-hybridized carbons (Fsp3) is 0.154. The molecule has 1 heterocycles. The summed E-state index contributed by atoms with van der Waals surface area (Å²) in [5.41, 5.74) is 0.750. The highest BCUT2D eigenvalue weighted by atomic mass is 16.5. The van der Waals surface area contributed by atoms with Crippen LogP contribution in [-0.2, 0) is 0 Å². The van der Waals surface area contributed by atoms with Gasteiger partial charge in [-0.05, 0) is 24.3 Å². The summed E-state index contributed by atoms with van der Waals surface area (Å²) in [4.78, 5) is 10.6. The number of rotatable bonds is 4. The number of carbonyl (C=O) groups excluding carboxylic acids is 1. The van der Waals surface area contributed by atoms with Gasteiger partial charge in [0.1, 0.15) is 5.76 Å². The molecule has 0 radical (unpaired) electrons. The minimum Gasteiger partial charge on any atom is -0.493 e. The number of benzene rings is 1. The molecule has 17 heavy (non-hydrogen) atoms. The van der Waals surface area contributed by atoms with Crippen LogP contribution in [0, 0.1) is 0 Å². The Kier molecular flexibility index (Phi) is 3.14. The van der Waals surface area contributed by atoms with E-state index in [1.165, 1.54) is 0 Å². The van der Waals surface area contributed by atoms with Gasteiger partial charge in [0.15, 0.2) is 23.5 Å². The average Bonchev–Trinajstić information content (AvgIpc) is 2.86. The maximum Gasteiger partial charge on any atom is 0.185 e. The first-order valence-corrected chi connectivity index (χ1v) is 5.06. The molecule has 0 spiro atoms. The first kappa shape index (κ1) is 11.3. The number of ether oxygens (including phenoxy) is 2. The normalized spacial score (nSPS) is 10.0. The van der Waals surface area contributed by atoms with E-state index < -0.39 is 0 Å². The van der Waals surface area contributed by atoms with Crippen LogP contribution in [0.4, 0.5) is 0 Å². The van der Waals surface area contributed by atoms with Gasteiger partial charge >= 0.3 is 0 Å². The van der Waals surface area contributed by atoms with Crippen LogP contribution < -0.4 is 9.47 Å². The summed E-state index contributed by atoms with van der Waals surface area (Å²) in [6.07, 6.45) is 0.663. The Morgan fingerprint density at radius 3 is 2.53 bits per heavy atom. The van der Waals surface area contributed by atoms with Crippen molar-refractivity contribution in [1.29, 1.82) is 0 Å². The van der Waals surface area contributed by atoms with Crippen LogP contribution in [-0.4, -0.2) is 20.5 Å². The molecule has 2 aromatic rings. The van der Waals surface area contributed by atoms with Gasteiger partial charge in [-0.1, -0.05) is 6.07 Å². The van der Waals surface area contributed by atoms with Crippen molar-refractivity contribution in [3.05, 3.63) is 36.1 Å². The van der Waals surface area contributed by atoms with Gasteiger partial charge in [0.25, 0.3) is 0 Å². The lowest BCUT2D eigenvalue weighted by atomic mass is 10.1. The smallest absolute Gasteiger partial charge is 0.185 e. The maximum absolute atomic E-state index is 10.6. The second kappa shape index (κ2) is 4.74. The van der Waals surface area contributed by atoms with Crippen molar-refractivity contribution in [2.45, 2.75) is 0 Å². The lowest BCUT2D eigenvalue weighted by molar-refractivity contribution is 0.110. The summed E-state index contributed by atoms with van der Waals surface area (Å²) in [5, 5.41) is 0. The Balaban J connectivity index is 2.54. The Bertz CT molecular complexity index is 528. The van der Waals surface area contributed by atoms with Crippen LogP contribution >= 0.6 is 0 Å². The topological polar surface area (TPSA) is 48.7 Å². The summed E-state index contributed by atoms with van der Waals surface area (Å²) in [6.45, 7) is 0. The van der Waals surface area contributed by atoms with Crippen molar-refractivity contribution in [2.75, 3.05) is 14.2 Å². The summed E-state index contributed by atoms with van der Waals surface area (Å²) >= 11 is 0. The fourth-order valence-corrected chi connectivity index (χ4v) is 1.64. The number of aldehydes is 1. The number of hydrogen-bond donors (Lipinski definition) is 0. The standard InChI is InChI=1S/C13H12O4/c1-15-12-5-3-4-10(13(12)16-2)11-7-6-9(8-14)17-11/h3-8H,1-2H3. The van der Waals surface area contributed by atoms with Crippen molar-refractivity contribution in [3.8, 4) is 22.8 Å². The number of para-hydroxylation sites is 1. The number of hydrogen-bond acceptors (Lipinski definition) is 4. The molecule has 0 aliphatic rings. The molecule has 88 valence electrons. The van der Waals surface area contributed by atoms with Gasteiger partial charge in [-0.3, -0.25) is 4.79 Å². The minimum atomic E-state index is 0.282. The molecule has 0 aliphatic heterocycles. The van der Waals surface area contributed by atoms with Gasteiger partial charge in [0, 0.05) is 0 Å². The Hall–Kier alpha value is -2.23.